The zero-order valence-electron chi connectivity index (χ0n) is 12.4. The highest BCUT2D eigenvalue weighted by molar-refractivity contribution is 5.76. The number of carbonyl (C=O) groups excluding carboxylic acids is 1. The second-order valence-corrected chi connectivity index (χ2v) is 4.44. The van der Waals surface area contributed by atoms with Crippen molar-refractivity contribution in [1.29, 1.82) is 0 Å². The molecule has 0 bridgehead atoms. The fourth-order valence-electron chi connectivity index (χ4n) is 1.83. The van der Waals surface area contributed by atoms with Gasteiger partial charge in [0, 0.05) is 39.2 Å². The van der Waals surface area contributed by atoms with Crippen molar-refractivity contribution in [1.82, 2.24) is 15.3 Å². The molecule has 0 aliphatic rings. The molecule has 0 atom stereocenters. The molecule has 6 nitrogen and oxygen atoms in total. The molecule has 19 heavy (non-hydrogen) atoms. The summed E-state index contributed by atoms with van der Waals surface area (Å²) in [5.74, 6) is 2.48. The maximum atomic E-state index is 11.3. The maximum absolute atomic E-state index is 11.3. The molecule has 0 aliphatic carbocycles. The van der Waals surface area contributed by atoms with Gasteiger partial charge in [-0.05, 0) is 20.8 Å². The van der Waals surface area contributed by atoms with Crippen molar-refractivity contribution < 1.29 is 4.79 Å². The molecule has 0 radical (unpaired) electrons. The first-order chi connectivity index (χ1) is 8.99. The number of hydrogen-bond donors (Lipinski definition) is 2. The summed E-state index contributed by atoms with van der Waals surface area (Å²) in [4.78, 5) is 22.1. The summed E-state index contributed by atoms with van der Waals surface area (Å²) in [6, 6.07) is 0. The number of nitrogens with one attached hydrogen (secondary N) is 2. The van der Waals surface area contributed by atoms with Gasteiger partial charge in [-0.2, -0.15) is 0 Å². The number of aromatic nitrogens is 2. The Balaban J connectivity index is 2.89. The lowest BCUT2D eigenvalue weighted by atomic mass is 10.2. The Morgan fingerprint density at radius 2 is 2.00 bits per heavy atom. The quantitative estimate of drug-likeness (QED) is 0.806. The predicted octanol–water partition coefficient (Wildman–Crippen LogP) is 1.10. The van der Waals surface area contributed by atoms with Gasteiger partial charge in [0.25, 0.3) is 0 Å². The van der Waals surface area contributed by atoms with Crippen LogP contribution in [-0.2, 0) is 4.79 Å². The van der Waals surface area contributed by atoms with Crippen LogP contribution >= 0.6 is 0 Å². The van der Waals surface area contributed by atoms with Gasteiger partial charge in [0.15, 0.2) is 0 Å². The molecule has 106 valence electrons. The van der Waals surface area contributed by atoms with Gasteiger partial charge in [0.05, 0.1) is 0 Å². The number of amides is 1. The molecular weight excluding hydrogens is 242 g/mol. The molecule has 0 aliphatic heterocycles. The highest BCUT2D eigenvalue weighted by atomic mass is 16.1. The van der Waals surface area contributed by atoms with Gasteiger partial charge in [-0.15, -0.1) is 0 Å². The molecular formula is C13H23N5O. The van der Waals surface area contributed by atoms with E-state index in [1.807, 2.05) is 32.7 Å². The molecule has 6 heteroatoms. The van der Waals surface area contributed by atoms with Gasteiger partial charge < -0.3 is 15.5 Å². The third-order valence-corrected chi connectivity index (χ3v) is 2.89. The average molecular weight is 265 g/mol. The lowest BCUT2D eigenvalue weighted by Crippen LogP contribution is -2.27. The van der Waals surface area contributed by atoms with Crippen molar-refractivity contribution in [3.05, 3.63) is 11.4 Å². The monoisotopic (exact) mass is 265 g/mol. The van der Waals surface area contributed by atoms with Crippen LogP contribution in [0.15, 0.2) is 0 Å². The molecule has 1 aromatic rings. The van der Waals surface area contributed by atoms with Crippen molar-refractivity contribution in [3.63, 3.8) is 0 Å². The number of rotatable bonds is 6. The van der Waals surface area contributed by atoms with Crippen LogP contribution in [0.3, 0.4) is 0 Å². The van der Waals surface area contributed by atoms with Crippen LogP contribution in [0.25, 0.3) is 0 Å². The minimum Gasteiger partial charge on any atom is -0.370 e. The Kier molecular flexibility index (Phi) is 5.54. The second kappa shape index (κ2) is 6.92. The predicted molar refractivity (Wildman–Crippen MR) is 77.6 cm³/mol. The standard InChI is InChI=1S/C13H23N5O/c1-6-15-12-9(2)13(17-10(3)16-12)18(5)8-7-11(19)14-4/h6-8H2,1-5H3,(H,14,19)(H,15,16,17). The van der Waals surface area contributed by atoms with Crippen molar-refractivity contribution in [2.75, 3.05) is 37.4 Å². The first kappa shape index (κ1) is 15.2. The van der Waals surface area contributed by atoms with E-state index in [0.29, 0.717) is 13.0 Å². The molecule has 0 unspecified atom stereocenters. The molecule has 0 aromatic carbocycles. The topological polar surface area (TPSA) is 70.2 Å². The largest absolute Gasteiger partial charge is 0.370 e. The molecule has 0 saturated heterocycles. The van der Waals surface area contributed by atoms with E-state index in [2.05, 4.69) is 20.6 Å². The molecule has 1 heterocycles. The summed E-state index contributed by atoms with van der Waals surface area (Å²) < 4.78 is 0. The fraction of sp³-hybridized carbons (Fsp3) is 0.615. The van der Waals surface area contributed by atoms with Crippen LogP contribution < -0.4 is 15.5 Å². The van der Waals surface area contributed by atoms with Gasteiger partial charge in [-0.25, -0.2) is 9.97 Å². The lowest BCUT2D eigenvalue weighted by molar-refractivity contribution is -0.120. The van der Waals surface area contributed by atoms with Gasteiger partial charge in [0.1, 0.15) is 17.5 Å². The molecule has 1 amide bonds. The van der Waals surface area contributed by atoms with E-state index < -0.39 is 0 Å². The molecule has 0 spiro atoms. The Labute approximate surface area is 114 Å². The van der Waals surface area contributed by atoms with E-state index in [0.717, 1.165) is 29.6 Å². The van der Waals surface area contributed by atoms with Crippen molar-refractivity contribution in [3.8, 4) is 0 Å². The fourth-order valence-corrected chi connectivity index (χ4v) is 1.83. The van der Waals surface area contributed by atoms with Gasteiger partial charge in [-0.1, -0.05) is 0 Å². The second-order valence-electron chi connectivity index (χ2n) is 4.44. The smallest absolute Gasteiger partial charge is 0.221 e. The van der Waals surface area contributed by atoms with Gasteiger partial charge >= 0.3 is 0 Å². The Morgan fingerprint density at radius 3 is 2.58 bits per heavy atom. The normalized spacial score (nSPS) is 10.2. The van der Waals surface area contributed by atoms with Gasteiger partial charge in [-0.3, -0.25) is 4.79 Å². The summed E-state index contributed by atoms with van der Waals surface area (Å²) in [5, 5.41) is 5.85. The third-order valence-electron chi connectivity index (χ3n) is 2.89. The minimum absolute atomic E-state index is 0.0298. The number of anilines is 2. The highest BCUT2D eigenvalue weighted by Crippen LogP contribution is 2.22. The summed E-state index contributed by atoms with van der Waals surface area (Å²) >= 11 is 0. The van der Waals surface area contributed by atoms with E-state index in [4.69, 9.17) is 0 Å². The van der Waals surface area contributed by atoms with E-state index in [-0.39, 0.29) is 5.91 Å². The van der Waals surface area contributed by atoms with Crippen LogP contribution in [0, 0.1) is 13.8 Å². The van der Waals surface area contributed by atoms with Crippen molar-refractivity contribution in [2.24, 2.45) is 0 Å². The van der Waals surface area contributed by atoms with Crippen molar-refractivity contribution >= 4 is 17.5 Å². The molecule has 1 rings (SSSR count). The van der Waals surface area contributed by atoms with E-state index in [1.54, 1.807) is 7.05 Å². The minimum atomic E-state index is 0.0298. The van der Waals surface area contributed by atoms with Crippen LogP contribution in [0.4, 0.5) is 11.6 Å². The summed E-state index contributed by atoms with van der Waals surface area (Å²) in [5.41, 5.74) is 1.01. The van der Waals surface area contributed by atoms with Crippen LogP contribution in [0.1, 0.15) is 24.7 Å². The van der Waals surface area contributed by atoms with Crippen LogP contribution in [0.5, 0.6) is 0 Å². The average Bonchev–Trinajstić information content (AvgIpc) is 2.39. The lowest BCUT2D eigenvalue weighted by Gasteiger charge is -2.21. The molecule has 0 saturated carbocycles. The van der Waals surface area contributed by atoms with Crippen molar-refractivity contribution in [2.45, 2.75) is 27.2 Å². The number of hydrogen-bond acceptors (Lipinski definition) is 5. The number of carbonyl (C=O) groups is 1. The van der Waals surface area contributed by atoms with E-state index in [1.165, 1.54) is 0 Å². The number of aryl methyl sites for hydroxylation is 1. The zero-order valence-corrected chi connectivity index (χ0v) is 12.4. The van der Waals surface area contributed by atoms with Crippen LogP contribution in [0.2, 0.25) is 0 Å². The first-order valence-corrected chi connectivity index (χ1v) is 6.50. The SMILES string of the molecule is CCNc1nc(C)nc(N(C)CCC(=O)NC)c1C. The van der Waals surface area contributed by atoms with E-state index in [9.17, 15) is 4.79 Å². The third kappa shape index (κ3) is 4.08. The first-order valence-electron chi connectivity index (χ1n) is 6.50. The molecule has 1 aromatic heterocycles. The van der Waals surface area contributed by atoms with E-state index >= 15 is 0 Å². The zero-order chi connectivity index (χ0) is 14.4. The van der Waals surface area contributed by atoms with Crippen LogP contribution in [-0.4, -0.2) is 43.1 Å². The Hall–Kier alpha value is -1.85. The summed E-state index contributed by atoms with van der Waals surface area (Å²) in [6.45, 7) is 7.34. The molecule has 2 N–H and O–H groups in total. The summed E-state index contributed by atoms with van der Waals surface area (Å²) in [6.07, 6.45) is 0.450. The highest BCUT2D eigenvalue weighted by Gasteiger charge is 2.13. The Morgan fingerprint density at radius 1 is 1.32 bits per heavy atom. The maximum Gasteiger partial charge on any atom is 0.221 e. The Bertz CT molecular complexity index is 447. The van der Waals surface area contributed by atoms with Gasteiger partial charge in [0.2, 0.25) is 5.91 Å². The molecule has 0 fully saturated rings. The summed E-state index contributed by atoms with van der Waals surface area (Å²) in [7, 11) is 3.58. The number of nitrogens with zero attached hydrogens (tertiary/aromatic N) is 3.